The number of thioether (sulfide) groups is 1. The molecule has 1 atom stereocenters. The second-order valence-corrected chi connectivity index (χ2v) is 5.57. The van der Waals surface area contributed by atoms with Crippen LogP contribution in [0.1, 0.15) is 28.4 Å². The molecule has 1 aliphatic rings. The molecule has 1 N–H and O–H groups in total. The van der Waals surface area contributed by atoms with Gasteiger partial charge in [0.1, 0.15) is 0 Å². The number of nitrogens with one attached hydrogen (secondary N) is 1. The molecule has 0 radical (unpaired) electrons. The fraction of sp³-hybridized carbons (Fsp3) is 0.200. The topological polar surface area (TPSA) is 42.0 Å². The molecule has 1 aromatic carbocycles. The Morgan fingerprint density at radius 1 is 1.21 bits per heavy atom. The molecule has 1 aromatic heterocycles. The van der Waals surface area contributed by atoms with Gasteiger partial charge in [0.15, 0.2) is 0 Å². The summed E-state index contributed by atoms with van der Waals surface area (Å²) in [7, 11) is 0. The SMILES string of the molecule is O=C(N[C@@H]1CCSc2ccccc21)c1ccncc1. The fourth-order valence-corrected chi connectivity index (χ4v) is 3.36. The number of fused-ring (bicyclic) bond motifs is 1. The molecule has 2 aromatic rings. The van der Waals surface area contributed by atoms with Crippen LogP contribution in [0.25, 0.3) is 0 Å². The van der Waals surface area contributed by atoms with Crippen LogP contribution in [0.5, 0.6) is 0 Å². The van der Waals surface area contributed by atoms with Crippen molar-refractivity contribution in [1.29, 1.82) is 0 Å². The van der Waals surface area contributed by atoms with E-state index in [1.54, 1.807) is 24.5 Å². The Morgan fingerprint density at radius 2 is 2.00 bits per heavy atom. The van der Waals surface area contributed by atoms with Crippen LogP contribution in [0.15, 0.2) is 53.7 Å². The predicted octanol–water partition coefficient (Wildman–Crippen LogP) is 3.05. The van der Waals surface area contributed by atoms with E-state index in [4.69, 9.17) is 0 Å². The van der Waals surface area contributed by atoms with Crippen LogP contribution in [0, 0.1) is 0 Å². The third-order valence-corrected chi connectivity index (χ3v) is 4.33. The molecule has 2 heterocycles. The second-order valence-electron chi connectivity index (χ2n) is 4.44. The number of rotatable bonds is 2. The smallest absolute Gasteiger partial charge is 0.251 e. The lowest BCUT2D eigenvalue weighted by Crippen LogP contribution is -2.30. The molecule has 4 heteroatoms. The maximum Gasteiger partial charge on any atom is 0.251 e. The van der Waals surface area contributed by atoms with Crippen molar-refractivity contribution in [2.45, 2.75) is 17.4 Å². The summed E-state index contributed by atoms with van der Waals surface area (Å²) in [5, 5.41) is 3.11. The van der Waals surface area contributed by atoms with E-state index in [-0.39, 0.29) is 11.9 Å². The molecule has 3 rings (SSSR count). The standard InChI is InChI=1S/C15H14N2OS/c18-15(11-5-8-16-9-6-11)17-13-7-10-19-14-4-2-1-3-12(13)14/h1-6,8-9,13H,7,10H2,(H,17,18)/t13-/m1/s1. The summed E-state index contributed by atoms with van der Waals surface area (Å²) < 4.78 is 0. The molecule has 1 aliphatic heterocycles. The third kappa shape index (κ3) is 2.63. The van der Waals surface area contributed by atoms with Gasteiger partial charge in [-0.1, -0.05) is 18.2 Å². The van der Waals surface area contributed by atoms with Crippen molar-refractivity contribution in [3.63, 3.8) is 0 Å². The van der Waals surface area contributed by atoms with Gasteiger partial charge in [-0.2, -0.15) is 0 Å². The molecule has 0 saturated heterocycles. The number of hydrogen-bond donors (Lipinski definition) is 1. The largest absolute Gasteiger partial charge is 0.345 e. The summed E-state index contributed by atoms with van der Waals surface area (Å²) in [6, 6.07) is 11.9. The molecule has 19 heavy (non-hydrogen) atoms. The van der Waals surface area contributed by atoms with Crippen LogP contribution >= 0.6 is 11.8 Å². The molecular weight excluding hydrogens is 256 g/mol. The average Bonchev–Trinajstić information content (AvgIpc) is 2.48. The van der Waals surface area contributed by atoms with Crippen molar-refractivity contribution >= 4 is 17.7 Å². The zero-order valence-corrected chi connectivity index (χ0v) is 11.2. The monoisotopic (exact) mass is 270 g/mol. The second kappa shape index (κ2) is 5.45. The molecule has 0 spiro atoms. The Morgan fingerprint density at radius 3 is 2.84 bits per heavy atom. The number of carbonyl (C=O) groups excluding carboxylic acids is 1. The number of pyridine rings is 1. The lowest BCUT2D eigenvalue weighted by Gasteiger charge is -2.25. The molecule has 1 amide bonds. The quantitative estimate of drug-likeness (QED) is 0.912. The molecule has 0 bridgehead atoms. The average molecular weight is 270 g/mol. The Labute approximate surface area is 116 Å². The molecule has 0 aliphatic carbocycles. The summed E-state index contributed by atoms with van der Waals surface area (Å²) in [6.07, 6.45) is 4.25. The number of nitrogens with zero attached hydrogens (tertiary/aromatic N) is 1. The summed E-state index contributed by atoms with van der Waals surface area (Å²) in [5.74, 6) is 1.01. The summed E-state index contributed by atoms with van der Waals surface area (Å²) in [4.78, 5) is 17.4. The van der Waals surface area contributed by atoms with E-state index >= 15 is 0 Å². The Hall–Kier alpha value is -1.81. The van der Waals surface area contributed by atoms with Gasteiger partial charge in [0.05, 0.1) is 6.04 Å². The highest BCUT2D eigenvalue weighted by atomic mass is 32.2. The maximum absolute atomic E-state index is 12.2. The molecule has 96 valence electrons. The van der Waals surface area contributed by atoms with Crippen LogP contribution in [-0.2, 0) is 0 Å². The van der Waals surface area contributed by atoms with Crippen LogP contribution in [0.3, 0.4) is 0 Å². The first-order chi connectivity index (χ1) is 9.34. The van der Waals surface area contributed by atoms with Gasteiger partial charge in [0.25, 0.3) is 5.91 Å². The minimum absolute atomic E-state index is 0.0332. The minimum Gasteiger partial charge on any atom is -0.345 e. The van der Waals surface area contributed by atoms with Gasteiger partial charge in [-0.15, -0.1) is 11.8 Å². The first kappa shape index (κ1) is 12.2. The van der Waals surface area contributed by atoms with E-state index in [0.29, 0.717) is 5.56 Å². The van der Waals surface area contributed by atoms with Gasteiger partial charge in [-0.05, 0) is 30.2 Å². The fourth-order valence-electron chi connectivity index (χ4n) is 2.24. The van der Waals surface area contributed by atoms with Crippen LogP contribution in [0.2, 0.25) is 0 Å². The first-order valence-electron chi connectivity index (χ1n) is 6.27. The van der Waals surface area contributed by atoms with Gasteiger partial charge in [0.2, 0.25) is 0 Å². The zero-order chi connectivity index (χ0) is 13.1. The Balaban J connectivity index is 1.80. The lowest BCUT2D eigenvalue weighted by atomic mass is 10.0. The number of aromatic nitrogens is 1. The van der Waals surface area contributed by atoms with Crippen LogP contribution in [0.4, 0.5) is 0 Å². The molecular formula is C15H14N2OS. The zero-order valence-electron chi connectivity index (χ0n) is 10.4. The van der Waals surface area contributed by atoms with Gasteiger partial charge in [-0.25, -0.2) is 0 Å². The van der Waals surface area contributed by atoms with Crippen molar-refractivity contribution in [3.8, 4) is 0 Å². The van der Waals surface area contributed by atoms with Crippen molar-refractivity contribution in [2.24, 2.45) is 0 Å². The molecule has 3 nitrogen and oxygen atoms in total. The van der Waals surface area contributed by atoms with Crippen LogP contribution in [-0.4, -0.2) is 16.6 Å². The Bertz CT molecular complexity index is 586. The van der Waals surface area contributed by atoms with E-state index < -0.39 is 0 Å². The summed E-state index contributed by atoms with van der Waals surface area (Å²) in [5.41, 5.74) is 1.88. The van der Waals surface area contributed by atoms with Gasteiger partial charge in [-0.3, -0.25) is 9.78 Å². The van der Waals surface area contributed by atoms with E-state index in [0.717, 1.165) is 12.2 Å². The van der Waals surface area contributed by atoms with E-state index in [1.165, 1.54) is 10.5 Å². The van der Waals surface area contributed by atoms with Gasteiger partial charge < -0.3 is 5.32 Å². The first-order valence-corrected chi connectivity index (χ1v) is 7.26. The third-order valence-electron chi connectivity index (χ3n) is 3.21. The van der Waals surface area contributed by atoms with Crippen molar-refractivity contribution in [3.05, 3.63) is 59.9 Å². The van der Waals surface area contributed by atoms with Crippen molar-refractivity contribution in [2.75, 3.05) is 5.75 Å². The van der Waals surface area contributed by atoms with Gasteiger partial charge in [0, 0.05) is 28.6 Å². The Kier molecular flexibility index (Phi) is 3.51. The van der Waals surface area contributed by atoms with Crippen LogP contribution < -0.4 is 5.32 Å². The maximum atomic E-state index is 12.2. The van der Waals surface area contributed by atoms with E-state index in [9.17, 15) is 4.79 Å². The van der Waals surface area contributed by atoms with Crippen molar-refractivity contribution < 1.29 is 4.79 Å². The normalized spacial score (nSPS) is 17.6. The van der Waals surface area contributed by atoms with E-state index in [1.807, 2.05) is 23.9 Å². The molecule has 0 saturated carbocycles. The number of carbonyl (C=O) groups is 1. The highest BCUT2D eigenvalue weighted by Gasteiger charge is 2.22. The number of benzene rings is 1. The highest BCUT2D eigenvalue weighted by molar-refractivity contribution is 7.99. The summed E-state index contributed by atoms with van der Waals surface area (Å²) in [6.45, 7) is 0. The van der Waals surface area contributed by atoms with Gasteiger partial charge >= 0.3 is 0 Å². The molecule has 0 unspecified atom stereocenters. The minimum atomic E-state index is -0.0332. The number of amides is 1. The number of hydrogen-bond acceptors (Lipinski definition) is 3. The predicted molar refractivity (Wildman–Crippen MR) is 76.2 cm³/mol. The molecule has 0 fully saturated rings. The lowest BCUT2D eigenvalue weighted by molar-refractivity contribution is 0.0935. The van der Waals surface area contributed by atoms with Crippen molar-refractivity contribution in [1.82, 2.24) is 10.3 Å². The summed E-state index contributed by atoms with van der Waals surface area (Å²) >= 11 is 1.85. The van der Waals surface area contributed by atoms with E-state index in [2.05, 4.69) is 22.4 Å². The highest BCUT2D eigenvalue weighted by Crippen LogP contribution is 2.35.